The van der Waals surface area contributed by atoms with Crippen LogP contribution in [0.4, 0.5) is 0 Å². The van der Waals surface area contributed by atoms with Crippen molar-refractivity contribution in [2.24, 2.45) is 5.92 Å². The first kappa shape index (κ1) is 21.3. The fourth-order valence-electron chi connectivity index (χ4n) is 2.82. The molecule has 1 atom stereocenters. The molecule has 6 nitrogen and oxygen atoms in total. The van der Waals surface area contributed by atoms with Gasteiger partial charge in [0, 0.05) is 16.8 Å². The Labute approximate surface area is 179 Å². The molecule has 0 amide bonds. The smallest absolute Gasteiger partial charge is 0.210 e. The highest BCUT2D eigenvalue weighted by Crippen LogP contribution is 2.30. The van der Waals surface area contributed by atoms with Crippen molar-refractivity contribution in [3.8, 4) is 28.6 Å². The summed E-state index contributed by atoms with van der Waals surface area (Å²) in [6, 6.07) is 17.9. The van der Waals surface area contributed by atoms with Crippen molar-refractivity contribution in [1.29, 1.82) is 10.7 Å². The molecule has 0 saturated carbocycles. The van der Waals surface area contributed by atoms with E-state index in [4.69, 9.17) is 10.7 Å². The van der Waals surface area contributed by atoms with Gasteiger partial charge in [-0.05, 0) is 20.8 Å². The predicted octanol–water partition coefficient (Wildman–Crippen LogP) is 4.66. The molecule has 0 aliphatic heterocycles. The summed E-state index contributed by atoms with van der Waals surface area (Å²) in [5, 5.41) is 25.6. The van der Waals surface area contributed by atoms with Crippen LogP contribution in [0.3, 0.4) is 0 Å². The summed E-state index contributed by atoms with van der Waals surface area (Å²) in [6.07, 6.45) is 0. The Kier molecular flexibility index (Phi) is 6.70. The van der Waals surface area contributed by atoms with Crippen molar-refractivity contribution in [2.45, 2.75) is 25.9 Å². The van der Waals surface area contributed by atoms with Crippen LogP contribution in [0, 0.1) is 36.5 Å². The Morgan fingerprint density at radius 2 is 1.53 bits per heavy atom. The minimum atomic E-state index is -1.03. The lowest BCUT2D eigenvalue weighted by Gasteiger charge is -2.10. The standard InChI is InChI=1S/C23H21N5OS/c1-14-4-8-17(9-5-14)21-22(18-10-6-15(2)7-11-18)27-28-23(26-21)30-13-20(29)19(12-24)16(3)25/h4-11,19,25H,13H2,1-3H3/t19-/m0/s1. The second-order valence-electron chi connectivity index (χ2n) is 7.02. The van der Waals surface area contributed by atoms with Crippen LogP contribution in [0.5, 0.6) is 0 Å². The van der Waals surface area contributed by atoms with Crippen molar-refractivity contribution in [1.82, 2.24) is 15.2 Å². The van der Waals surface area contributed by atoms with Gasteiger partial charge in [0.25, 0.3) is 0 Å². The first-order valence-corrected chi connectivity index (χ1v) is 10.4. The van der Waals surface area contributed by atoms with E-state index in [0.717, 1.165) is 34.0 Å². The number of Topliss-reactive ketones (excluding diaryl/α,β-unsaturated/α-hetero) is 1. The highest BCUT2D eigenvalue weighted by Gasteiger charge is 2.21. The molecule has 1 aromatic heterocycles. The van der Waals surface area contributed by atoms with E-state index in [1.165, 1.54) is 6.92 Å². The summed E-state index contributed by atoms with van der Waals surface area (Å²) in [5.41, 5.74) is 5.50. The van der Waals surface area contributed by atoms with Crippen molar-refractivity contribution >= 4 is 23.3 Å². The molecule has 0 spiro atoms. The molecule has 30 heavy (non-hydrogen) atoms. The van der Waals surface area contributed by atoms with Crippen molar-refractivity contribution < 1.29 is 4.79 Å². The van der Waals surface area contributed by atoms with Crippen molar-refractivity contribution in [3.63, 3.8) is 0 Å². The first-order valence-electron chi connectivity index (χ1n) is 9.38. The maximum atomic E-state index is 12.2. The lowest BCUT2D eigenvalue weighted by molar-refractivity contribution is -0.117. The Hall–Kier alpha value is -3.37. The molecule has 0 radical (unpaired) electrons. The average Bonchev–Trinajstić information content (AvgIpc) is 2.73. The third kappa shape index (κ3) is 4.97. The SMILES string of the molecule is CC(=N)[C@H](C#N)C(=O)CSc1nnc(-c2ccc(C)cc2)c(-c2ccc(C)cc2)n1. The summed E-state index contributed by atoms with van der Waals surface area (Å²) in [4.78, 5) is 16.9. The van der Waals surface area contributed by atoms with Gasteiger partial charge in [-0.25, -0.2) is 4.98 Å². The van der Waals surface area contributed by atoms with E-state index in [0.29, 0.717) is 16.5 Å². The van der Waals surface area contributed by atoms with Gasteiger partial charge in [0.05, 0.1) is 11.8 Å². The van der Waals surface area contributed by atoms with E-state index in [-0.39, 0.29) is 17.2 Å². The minimum absolute atomic E-state index is 0.00728. The Balaban J connectivity index is 1.95. The maximum absolute atomic E-state index is 12.2. The molecule has 0 aliphatic carbocycles. The van der Waals surface area contributed by atoms with Crippen LogP contribution in [0.2, 0.25) is 0 Å². The van der Waals surface area contributed by atoms with Crippen molar-refractivity contribution in [3.05, 3.63) is 59.7 Å². The molecule has 3 aromatic rings. The molecule has 0 aliphatic rings. The monoisotopic (exact) mass is 415 g/mol. The molecule has 150 valence electrons. The normalized spacial score (nSPS) is 11.5. The van der Waals surface area contributed by atoms with E-state index in [9.17, 15) is 4.79 Å². The number of carbonyl (C=O) groups excluding carboxylic acids is 1. The van der Waals surface area contributed by atoms with Gasteiger partial charge >= 0.3 is 0 Å². The largest absolute Gasteiger partial charge is 0.308 e. The van der Waals surface area contributed by atoms with Crippen LogP contribution in [-0.4, -0.2) is 32.4 Å². The van der Waals surface area contributed by atoms with Gasteiger partial charge in [-0.1, -0.05) is 71.4 Å². The number of rotatable bonds is 7. The van der Waals surface area contributed by atoms with E-state index in [1.807, 2.05) is 68.4 Å². The molecular weight excluding hydrogens is 394 g/mol. The zero-order valence-corrected chi connectivity index (χ0v) is 17.8. The predicted molar refractivity (Wildman–Crippen MR) is 118 cm³/mol. The van der Waals surface area contributed by atoms with Gasteiger partial charge < -0.3 is 5.41 Å². The summed E-state index contributed by atoms with van der Waals surface area (Å²) in [5.74, 6) is -1.36. The number of hydrogen-bond donors (Lipinski definition) is 1. The number of nitrogens with one attached hydrogen (secondary N) is 1. The van der Waals surface area contributed by atoms with Gasteiger partial charge in [0.1, 0.15) is 17.3 Å². The number of hydrogen-bond acceptors (Lipinski definition) is 7. The van der Waals surface area contributed by atoms with E-state index < -0.39 is 5.92 Å². The van der Waals surface area contributed by atoms with E-state index in [2.05, 4.69) is 15.2 Å². The number of aromatic nitrogens is 3. The Bertz CT molecular complexity index is 1120. The fraction of sp³-hybridized carbons (Fsp3) is 0.217. The summed E-state index contributed by atoms with van der Waals surface area (Å²) in [6.45, 7) is 5.50. The maximum Gasteiger partial charge on any atom is 0.210 e. The summed E-state index contributed by atoms with van der Waals surface area (Å²) < 4.78 is 0. The second kappa shape index (κ2) is 9.42. The number of carbonyl (C=O) groups is 1. The van der Waals surface area contributed by atoms with Gasteiger partial charge in [-0.15, -0.1) is 10.2 Å². The van der Waals surface area contributed by atoms with E-state index in [1.54, 1.807) is 0 Å². The van der Waals surface area contributed by atoms with Crippen LogP contribution in [0.25, 0.3) is 22.5 Å². The lowest BCUT2D eigenvalue weighted by Crippen LogP contribution is -2.21. The van der Waals surface area contributed by atoms with E-state index >= 15 is 0 Å². The van der Waals surface area contributed by atoms with Gasteiger partial charge in [-0.2, -0.15) is 5.26 Å². The molecular formula is C23H21N5OS. The molecule has 1 heterocycles. The molecule has 7 heteroatoms. The zero-order chi connectivity index (χ0) is 21.7. The summed E-state index contributed by atoms with van der Waals surface area (Å²) in [7, 11) is 0. The molecule has 0 saturated heterocycles. The second-order valence-corrected chi connectivity index (χ2v) is 7.97. The average molecular weight is 416 g/mol. The quantitative estimate of drug-likeness (QED) is 0.444. The lowest BCUT2D eigenvalue weighted by atomic mass is 10.0. The van der Waals surface area contributed by atoms with Crippen LogP contribution >= 0.6 is 11.8 Å². The fourth-order valence-corrected chi connectivity index (χ4v) is 3.51. The van der Waals surface area contributed by atoms with Gasteiger partial charge in [0.2, 0.25) is 5.16 Å². The number of nitrogens with zero attached hydrogens (tertiary/aromatic N) is 4. The highest BCUT2D eigenvalue weighted by atomic mass is 32.2. The third-order valence-corrected chi connectivity index (χ3v) is 5.40. The molecule has 0 unspecified atom stereocenters. The Morgan fingerprint density at radius 3 is 2.03 bits per heavy atom. The Morgan fingerprint density at radius 1 is 1.00 bits per heavy atom. The minimum Gasteiger partial charge on any atom is -0.308 e. The first-order chi connectivity index (χ1) is 14.4. The van der Waals surface area contributed by atoms with Crippen LogP contribution < -0.4 is 0 Å². The zero-order valence-electron chi connectivity index (χ0n) is 17.0. The number of nitriles is 1. The van der Waals surface area contributed by atoms with Gasteiger partial charge in [0.15, 0.2) is 5.78 Å². The van der Waals surface area contributed by atoms with Crippen molar-refractivity contribution in [2.75, 3.05) is 5.75 Å². The van der Waals surface area contributed by atoms with Gasteiger partial charge in [-0.3, -0.25) is 4.79 Å². The number of thioether (sulfide) groups is 1. The molecule has 3 rings (SSSR count). The molecule has 2 aromatic carbocycles. The van der Waals surface area contributed by atoms with Crippen LogP contribution in [0.1, 0.15) is 18.1 Å². The van der Waals surface area contributed by atoms with Crippen LogP contribution in [-0.2, 0) is 4.79 Å². The number of aryl methyl sites for hydroxylation is 2. The summed E-state index contributed by atoms with van der Waals surface area (Å²) >= 11 is 1.13. The third-order valence-electron chi connectivity index (χ3n) is 4.54. The molecule has 0 fully saturated rings. The number of ketones is 1. The number of benzene rings is 2. The topological polar surface area (TPSA) is 103 Å². The molecule has 0 bridgehead atoms. The molecule has 1 N–H and O–H groups in total. The van der Waals surface area contributed by atoms with Crippen LogP contribution in [0.15, 0.2) is 53.7 Å². The highest BCUT2D eigenvalue weighted by molar-refractivity contribution is 7.99.